The van der Waals surface area contributed by atoms with Crippen LogP contribution in [0.25, 0.3) is 0 Å². The van der Waals surface area contributed by atoms with Gasteiger partial charge in [0.05, 0.1) is 18.8 Å². The summed E-state index contributed by atoms with van der Waals surface area (Å²) in [4.78, 5) is 11.1. The number of esters is 1. The highest BCUT2D eigenvalue weighted by Crippen LogP contribution is 2.20. The average molecular weight is 249 g/mol. The van der Waals surface area contributed by atoms with Crippen molar-refractivity contribution in [2.45, 2.75) is 12.7 Å². The molecule has 0 N–H and O–H groups in total. The molecule has 0 aliphatic heterocycles. The number of ether oxygens (including phenoxy) is 1. The maximum absolute atomic E-state index is 11.1. The third-order valence-corrected chi connectivity index (χ3v) is 3.27. The minimum atomic E-state index is -0.181. The summed E-state index contributed by atoms with van der Waals surface area (Å²) in [5, 5.41) is 0.395. The van der Waals surface area contributed by atoms with E-state index in [1.165, 1.54) is 7.11 Å². The molecule has 5 heteroatoms. The van der Waals surface area contributed by atoms with E-state index >= 15 is 0 Å². The molecule has 0 saturated carbocycles. The van der Waals surface area contributed by atoms with E-state index in [9.17, 15) is 4.79 Å². The van der Waals surface area contributed by atoms with Crippen molar-refractivity contribution in [2.24, 2.45) is 5.92 Å². The summed E-state index contributed by atoms with van der Waals surface area (Å²) in [5.41, 5.74) is 0. The molecule has 84 valence electrons. The number of carbonyl (C=O) groups excluding carboxylic acids is 1. The summed E-state index contributed by atoms with van der Waals surface area (Å²) in [7, 11) is 1.40. The normalized spacial score (nSPS) is 12.5. The Morgan fingerprint density at radius 3 is 2.93 bits per heavy atom. The Kier molecular flexibility index (Phi) is 5.05. The Labute approximate surface area is 98.1 Å². The van der Waals surface area contributed by atoms with Crippen LogP contribution in [0.5, 0.6) is 0 Å². The largest absolute Gasteiger partial charge is 0.469 e. The number of thioether (sulfide) groups is 1. The molecule has 0 radical (unpaired) electrons. The monoisotopic (exact) mass is 248 g/mol. The molecule has 1 unspecified atom stereocenters. The van der Waals surface area contributed by atoms with Crippen molar-refractivity contribution in [3.05, 3.63) is 23.1 Å². The lowest BCUT2D eigenvalue weighted by Crippen LogP contribution is -2.14. The first-order valence-corrected chi connectivity index (χ1v) is 6.06. The van der Waals surface area contributed by atoms with E-state index in [4.69, 9.17) is 16.0 Å². The first-order chi connectivity index (χ1) is 7.13. The molecule has 1 rings (SSSR count). The first-order valence-electron chi connectivity index (χ1n) is 4.53. The van der Waals surface area contributed by atoms with Crippen molar-refractivity contribution in [1.82, 2.24) is 0 Å². The molecular weight excluding hydrogens is 236 g/mol. The van der Waals surface area contributed by atoms with Gasteiger partial charge in [-0.15, -0.1) is 0 Å². The molecule has 0 fully saturated rings. The molecule has 0 spiro atoms. The van der Waals surface area contributed by atoms with Gasteiger partial charge in [0.15, 0.2) is 5.22 Å². The Bertz CT molecular complexity index is 324. The minimum absolute atomic E-state index is 0.0922. The van der Waals surface area contributed by atoms with Crippen molar-refractivity contribution in [1.29, 1.82) is 0 Å². The highest BCUT2D eigenvalue weighted by Gasteiger charge is 2.13. The number of methoxy groups -OCH3 is 1. The lowest BCUT2D eigenvalue weighted by atomic mass is 10.2. The third-order valence-electron chi connectivity index (χ3n) is 1.84. The summed E-state index contributed by atoms with van der Waals surface area (Å²) in [6.07, 6.45) is 0. The van der Waals surface area contributed by atoms with E-state index in [1.807, 2.05) is 13.0 Å². The standard InChI is InChI=1S/C10H13ClO3S/c1-7(10(12)13-2)5-15-6-8-3-4-9(11)14-8/h3-4,7H,5-6H2,1-2H3. The van der Waals surface area contributed by atoms with Crippen molar-refractivity contribution in [3.63, 3.8) is 0 Å². The van der Waals surface area contributed by atoms with E-state index in [0.29, 0.717) is 16.7 Å². The van der Waals surface area contributed by atoms with Crippen molar-refractivity contribution < 1.29 is 13.9 Å². The van der Waals surface area contributed by atoms with Crippen molar-refractivity contribution >= 4 is 29.3 Å². The minimum Gasteiger partial charge on any atom is -0.469 e. The fourth-order valence-corrected chi connectivity index (χ4v) is 2.16. The SMILES string of the molecule is COC(=O)C(C)CSCc1ccc(Cl)o1. The molecule has 0 amide bonds. The second-order valence-corrected chi connectivity index (χ2v) is 4.55. The number of rotatable bonds is 5. The summed E-state index contributed by atoms with van der Waals surface area (Å²) < 4.78 is 9.80. The van der Waals surface area contributed by atoms with Crippen LogP contribution in [0.2, 0.25) is 5.22 Å². The maximum Gasteiger partial charge on any atom is 0.309 e. The molecule has 3 nitrogen and oxygen atoms in total. The van der Waals surface area contributed by atoms with Gasteiger partial charge in [0.25, 0.3) is 0 Å². The second-order valence-electron chi connectivity index (χ2n) is 3.15. The fourth-order valence-electron chi connectivity index (χ4n) is 1.03. The highest BCUT2D eigenvalue weighted by atomic mass is 35.5. The number of furan rings is 1. The van der Waals surface area contributed by atoms with Gasteiger partial charge in [0.1, 0.15) is 5.76 Å². The van der Waals surface area contributed by atoms with Crippen molar-refractivity contribution in [3.8, 4) is 0 Å². The van der Waals surface area contributed by atoms with E-state index in [2.05, 4.69) is 4.74 Å². The van der Waals surface area contributed by atoms with E-state index in [-0.39, 0.29) is 11.9 Å². The second kappa shape index (κ2) is 6.08. The van der Waals surface area contributed by atoms with E-state index in [0.717, 1.165) is 5.76 Å². The molecule has 0 aliphatic rings. The Morgan fingerprint density at radius 2 is 2.40 bits per heavy atom. The summed E-state index contributed by atoms with van der Waals surface area (Å²) in [6.45, 7) is 1.84. The van der Waals surface area contributed by atoms with Crippen LogP contribution in [0.4, 0.5) is 0 Å². The number of halogens is 1. The Balaban J connectivity index is 2.24. The molecule has 1 atom stereocenters. The maximum atomic E-state index is 11.1. The van der Waals surface area contributed by atoms with Gasteiger partial charge in [0, 0.05) is 5.75 Å². The van der Waals surface area contributed by atoms with Gasteiger partial charge < -0.3 is 9.15 Å². The van der Waals surface area contributed by atoms with Gasteiger partial charge in [-0.3, -0.25) is 4.79 Å². The summed E-state index contributed by atoms with van der Waals surface area (Å²) in [5.74, 6) is 1.98. The van der Waals surface area contributed by atoms with E-state index in [1.54, 1.807) is 17.8 Å². The lowest BCUT2D eigenvalue weighted by molar-refractivity contribution is -0.143. The summed E-state index contributed by atoms with van der Waals surface area (Å²) in [6, 6.07) is 3.54. The van der Waals surface area contributed by atoms with Gasteiger partial charge in [0.2, 0.25) is 0 Å². The Hall–Kier alpha value is -0.610. The molecular formula is C10H13ClO3S. The lowest BCUT2D eigenvalue weighted by Gasteiger charge is -2.07. The van der Waals surface area contributed by atoms with Gasteiger partial charge in [-0.25, -0.2) is 0 Å². The predicted octanol–water partition coefficient (Wildman–Crippen LogP) is 2.98. The zero-order chi connectivity index (χ0) is 11.3. The molecule has 0 saturated heterocycles. The number of carbonyl (C=O) groups is 1. The molecule has 0 bridgehead atoms. The first kappa shape index (κ1) is 12.5. The van der Waals surface area contributed by atoms with Crippen LogP contribution in [0, 0.1) is 5.92 Å². The zero-order valence-corrected chi connectivity index (χ0v) is 10.2. The van der Waals surface area contributed by atoms with Crippen LogP contribution in [0.3, 0.4) is 0 Å². The molecule has 15 heavy (non-hydrogen) atoms. The average Bonchev–Trinajstić information content (AvgIpc) is 2.63. The molecule has 1 aromatic rings. The van der Waals surface area contributed by atoms with Gasteiger partial charge in [-0.2, -0.15) is 11.8 Å². The summed E-state index contributed by atoms with van der Waals surface area (Å²) >= 11 is 7.24. The number of hydrogen-bond donors (Lipinski definition) is 0. The molecule has 0 aliphatic carbocycles. The Morgan fingerprint density at radius 1 is 1.67 bits per heavy atom. The zero-order valence-electron chi connectivity index (χ0n) is 8.66. The van der Waals surface area contributed by atoms with Crippen molar-refractivity contribution in [2.75, 3.05) is 12.9 Å². The molecule has 0 aromatic carbocycles. The molecule has 1 aromatic heterocycles. The third kappa shape index (κ3) is 4.18. The predicted molar refractivity (Wildman–Crippen MR) is 61.1 cm³/mol. The van der Waals surface area contributed by atoms with Crippen LogP contribution in [-0.2, 0) is 15.3 Å². The van der Waals surface area contributed by atoms with Crippen LogP contribution in [-0.4, -0.2) is 18.8 Å². The van der Waals surface area contributed by atoms with Crippen LogP contribution in [0.1, 0.15) is 12.7 Å². The van der Waals surface area contributed by atoms with Gasteiger partial charge in [-0.05, 0) is 23.7 Å². The topological polar surface area (TPSA) is 39.4 Å². The van der Waals surface area contributed by atoms with Crippen LogP contribution >= 0.6 is 23.4 Å². The highest BCUT2D eigenvalue weighted by molar-refractivity contribution is 7.98. The fraction of sp³-hybridized carbons (Fsp3) is 0.500. The van der Waals surface area contributed by atoms with Gasteiger partial charge >= 0.3 is 5.97 Å². The smallest absolute Gasteiger partial charge is 0.309 e. The number of hydrogen-bond acceptors (Lipinski definition) is 4. The van der Waals surface area contributed by atoms with Gasteiger partial charge in [-0.1, -0.05) is 6.92 Å². The van der Waals surface area contributed by atoms with Crippen LogP contribution in [0.15, 0.2) is 16.5 Å². The molecule has 1 heterocycles. The quantitative estimate of drug-likeness (QED) is 0.751. The van der Waals surface area contributed by atoms with Crippen LogP contribution < -0.4 is 0 Å². The van der Waals surface area contributed by atoms with E-state index < -0.39 is 0 Å².